The number of aromatic nitrogens is 1. The fraction of sp³-hybridized carbons (Fsp3) is 0.286. The van der Waals surface area contributed by atoms with Gasteiger partial charge in [0.05, 0.1) is 6.20 Å². The molecule has 3 amide bonds. The summed E-state index contributed by atoms with van der Waals surface area (Å²) in [6.07, 6.45) is 1.64. The van der Waals surface area contributed by atoms with Gasteiger partial charge in [0.1, 0.15) is 17.8 Å². The molecule has 6 heteroatoms. The molecule has 1 fully saturated rings. The smallest absolute Gasteiger partial charge is 0.325 e. The van der Waals surface area contributed by atoms with Gasteiger partial charge >= 0.3 is 6.03 Å². The molecule has 1 aliphatic heterocycles. The van der Waals surface area contributed by atoms with Crippen molar-refractivity contribution in [3.63, 3.8) is 0 Å². The first-order chi connectivity index (χ1) is 12.9. The number of carbonyl (C=O) groups excluding carboxylic acids is 2. The minimum Gasteiger partial charge on any atom is -0.443 e. The van der Waals surface area contributed by atoms with Gasteiger partial charge in [-0.15, -0.1) is 0 Å². The number of hydrogen-bond acceptors (Lipinski definition) is 4. The second-order valence-corrected chi connectivity index (χ2v) is 7.28. The van der Waals surface area contributed by atoms with Crippen LogP contribution in [0.25, 0.3) is 10.8 Å². The molecule has 0 bridgehead atoms. The van der Waals surface area contributed by atoms with Gasteiger partial charge in [-0.3, -0.25) is 9.69 Å². The highest BCUT2D eigenvalue weighted by Gasteiger charge is 2.49. The quantitative estimate of drug-likeness (QED) is 0.713. The van der Waals surface area contributed by atoms with E-state index < -0.39 is 11.6 Å². The molecule has 1 N–H and O–H groups in total. The van der Waals surface area contributed by atoms with Gasteiger partial charge in [0.25, 0.3) is 5.91 Å². The Morgan fingerprint density at radius 2 is 1.89 bits per heavy atom. The van der Waals surface area contributed by atoms with Crippen LogP contribution in [0.15, 0.2) is 53.1 Å². The molecule has 27 heavy (non-hydrogen) atoms. The van der Waals surface area contributed by atoms with Gasteiger partial charge in [-0.05, 0) is 23.3 Å². The molecule has 0 spiro atoms. The molecule has 1 saturated heterocycles. The maximum absolute atomic E-state index is 13.2. The third-order valence-electron chi connectivity index (χ3n) is 5.04. The molecule has 1 unspecified atom stereocenters. The first-order valence-corrected chi connectivity index (χ1v) is 8.97. The number of nitrogens with zero attached hydrogens (tertiary/aromatic N) is 2. The van der Waals surface area contributed by atoms with E-state index in [4.69, 9.17) is 4.42 Å². The van der Waals surface area contributed by atoms with E-state index in [9.17, 15) is 9.59 Å². The number of fused-ring (bicyclic) bond motifs is 1. The number of oxazole rings is 1. The topological polar surface area (TPSA) is 75.4 Å². The van der Waals surface area contributed by atoms with Gasteiger partial charge in [0.2, 0.25) is 5.89 Å². The predicted molar refractivity (Wildman–Crippen MR) is 101 cm³/mol. The van der Waals surface area contributed by atoms with Gasteiger partial charge in [0, 0.05) is 5.92 Å². The lowest BCUT2D eigenvalue weighted by Crippen LogP contribution is -2.41. The van der Waals surface area contributed by atoms with Crippen molar-refractivity contribution in [2.75, 3.05) is 0 Å². The number of urea groups is 1. The molecular weight excluding hydrogens is 342 g/mol. The molecule has 1 aromatic heterocycles. The summed E-state index contributed by atoms with van der Waals surface area (Å²) < 4.78 is 5.66. The third-order valence-corrected chi connectivity index (χ3v) is 5.04. The predicted octanol–water partition coefficient (Wildman–Crippen LogP) is 3.92. The zero-order chi connectivity index (χ0) is 19.2. The fourth-order valence-corrected chi connectivity index (χ4v) is 3.48. The van der Waals surface area contributed by atoms with Gasteiger partial charge in [-0.2, -0.15) is 0 Å². The Labute approximate surface area is 157 Å². The van der Waals surface area contributed by atoms with Crippen molar-refractivity contribution in [2.45, 2.75) is 38.8 Å². The summed E-state index contributed by atoms with van der Waals surface area (Å²) in [4.78, 5) is 31.1. The molecular formula is C21H21N3O3. The molecule has 138 valence electrons. The van der Waals surface area contributed by atoms with E-state index in [1.807, 2.05) is 56.3 Å². The van der Waals surface area contributed by atoms with Crippen LogP contribution in [0.1, 0.15) is 43.9 Å². The number of benzene rings is 2. The summed E-state index contributed by atoms with van der Waals surface area (Å²) in [7, 11) is 0. The van der Waals surface area contributed by atoms with Crippen molar-refractivity contribution in [3.05, 3.63) is 65.9 Å². The van der Waals surface area contributed by atoms with Crippen molar-refractivity contribution in [1.82, 2.24) is 15.2 Å². The fourth-order valence-electron chi connectivity index (χ4n) is 3.48. The van der Waals surface area contributed by atoms with Gasteiger partial charge in [-0.25, -0.2) is 9.78 Å². The lowest BCUT2D eigenvalue weighted by Gasteiger charge is -2.23. The third kappa shape index (κ3) is 2.77. The zero-order valence-corrected chi connectivity index (χ0v) is 15.5. The summed E-state index contributed by atoms with van der Waals surface area (Å²) in [5.41, 5.74) is -0.359. The number of carbonyl (C=O) groups is 2. The highest BCUT2D eigenvalue weighted by atomic mass is 16.4. The lowest BCUT2D eigenvalue weighted by molar-refractivity contribution is -0.131. The van der Waals surface area contributed by atoms with E-state index in [-0.39, 0.29) is 18.4 Å². The molecule has 2 aromatic carbocycles. The lowest BCUT2D eigenvalue weighted by atomic mass is 9.88. The normalized spacial score (nSPS) is 19.9. The molecule has 6 nitrogen and oxygen atoms in total. The first kappa shape index (κ1) is 17.3. The van der Waals surface area contributed by atoms with E-state index >= 15 is 0 Å². The molecule has 4 rings (SSSR count). The van der Waals surface area contributed by atoms with Crippen LogP contribution in [-0.2, 0) is 16.9 Å². The molecule has 3 aromatic rings. The SMILES string of the molecule is CC(C)c1cnc(CN2C(=O)NC(C)(c3cccc4ccccc34)C2=O)o1. The van der Waals surface area contributed by atoms with Crippen molar-refractivity contribution < 1.29 is 14.0 Å². The number of rotatable bonds is 4. The van der Waals surface area contributed by atoms with Crippen molar-refractivity contribution >= 4 is 22.7 Å². The number of hydrogen-bond donors (Lipinski definition) is 1. The molecule has 0 saturated carbocycles. The van der Waals surface area contributed by atoms with E-state index in [0.717, 1.165) is 27.0 Å². The molecule has 2 heterocycles. The highest BCUT2D eigenvalue weighted by molar-refractivity contribution is 6.09. The summed E-state index contributed by atoms with van der Waals surface area (Å²) in [6.45, 7) is 5.74. The van der Waals surface area contributed by atoms with Crippen LogP contribution < -0.4 is 5.32 Å². The van der Waals surface area contributed by atoms with Crippen LogP contribution in [0.5, 0.6) is 0 Å². The highest BCUT2D eigenvalue weighted by Crippen LogP contribution is 2.34. The minimum atomic E-state index is -1.13. The van der Waals surface area contributed by atoms with Crippen LogP contribution in [-0.4, -0.2) is 21.8 Å². The van der Waals surface area contributed by atoms with Crippen molar-refractivity contribution in [3.8, 4) is 0 Å². The Morgan fingerprint density at radius 1 is 1.15 bits per heavy atom. The van der Waals surface area contributed by atoms with E-state index in [1.54, 1.807) is 13.1 Å². The zero-order valence-electron chi connectivity index (χ0n) is 15.5. The Bertz CT molecular complexity index is 1030. The van der Waals surface area contributed by atoms with Crippen molar-refractivity contribution in [2.24, 2.45) is 0 Å². The average molecular weight is 363 g/mol. The van der Waals surface area contributed by atoms with Crippen LogP contribution in [0.2, 0.25) is 0 Å². The Balaban J connectivity index is 1.68. The van der Waals surface area contributed by atoms with Gasteiger partial charge in [0.15, 0.2) is 0 Å². The monoisotopic (exact) mass is 363 g/mol. The standard InChI is InChI=1S/C21H21N3O3/c1-13(2)17-11-22-18(27-17)12-24-19(25)21(3,23-20(24)26)16-10-6-8-14-7-4-5-9-15(14)16/h4-11,13H,12H2,1-3H3,(H,23,26). The summed E-state index contributed by atoms with van der Waals surface area (Å²) >= 11 is 0. The Morgan fingerprint density at radius 3 is 2.63 bits per heavy atom. The van der Waals surface area contributed by atoms with Crippen LogP contribution in [0, 0.1) is 0 Å². The van der Waals surface area contributed by atoms with Crippen LogP contribution in [0.3, 0.4) is 0 Å². The molecule has 0 radical (unpaired) electrons. The number of amides is 3. The molecule has 0 aliphatic carbocycles. The van der Waals surface area contributed by atoms with Crippen LogP contribution in [0.4, 0.5) is 4.79 Å². The van der Waals surface area contributed by atoms with Crippen LogP contribution >= 0.6 is 0 Å². The van der Waals surface area contributed by atoms with Crippen molar-refractivity contribution in [1.29, 1.82) is 0 Å². The molecule has 1 aliphatic rings. The van der Waals surface area contributed by atoms with Gasteiger partial charge < -0.3 is 9.73 Å². The largest absolute Gasteiger partial charge is 0.443 e. The Hall–Kier alpha value is -3.15. The Kier molecular flexibility index (Phi) is 3.98. The summed E-state index contributed by atoms with van der Waals surface area (Å²) in [5.74, 6) is 0.960. The number of nitrogens with one attached hydrogen (secondary N) is 1. The van der Waals surface area contributed by atoms with E-state index in [1.165, 1.54) is 0 Å². The summed E-state index contributed by atoms with van der Waals surface area (Å²) in [6, 6.07) is 13.1. The first-order valence-electron chi connectivity index (χ1n) is 8.97. The maximum Gasteiger partial charge on any atom is 0.325 e. The molecule has 1 atom stereocenters. The number of imide groups is 1. The van der Waals surface area contributed by atoms with E-state index in [2.05, 4.69) is 10.3 Å². The average Bonchev–Trinajstić information content (AvgIpc) is 3.21. The minimum absolute atomic E-state index is 0.0116. The van der Waals surface area contributed by atoms with Gasteiger partial charge in [-0.1, -0.05) is 56.3 Å². The summed E-state index contributed by atoms with van der Waals surface area (Å²) in [5, 5.41) is 4.82. The second-order valence-electron chi connectivity index (χ2n) is 7.28. The maximum atomic E-state index is 13.2. The van der Waals surface area contributed by atoms with E-state index in [0.29, 0.717) is 5.89 Å². The second kappa shape index (κ2) is 6.23.